The summed E-state index contributed by atoms with van der Waals surface area (Å²) in [5, 5.41) is 4.95. The summed E-state index contributed by atoms with van der Waals surface area (Å²) in [6.07, 6.45) is 0.719. The molecule has 0 fully saturated rings. The molecule has 1 heterocycles. The Morgan fingerprint density at radius 2 is 2.23 bits per heavy atom. The first-order chi connectivity index (χ1) is 6.04. The lowest BCUT2D eigenvalue weighted by Crippen LogP contribution is -2.09. The summed E-state index contributed by atoms with van der Waals surface area (Å²) in [5.41, 5.74) is 0. The largest absolute Gasteiger partial charge is 0.384 e. The second-order valence-electron chi connectivity index (χ2n) is 2.51. The summed E-state index contributed by atoms with van der Waals surface area (Å²) in [6.45, 7) is 0.588. The van der Waals surface area contributed by atoms with Gasteiger partial charge in [0.15, 0.2) is 0 Å². The van der Waals surface area contributed by atoms with Gasteiger partial charge in [0.25, 0.3) is 0 Å². The third kappa shape index (κ3) is 3.07. The minimum atomic E-state index is -3.53. The van der Waals surface area contributed by atoms with Crippen molar-refractivity contribution in [2.75, 3.05) is 13.7 Å². The molecule has 1 rings (SSSR count). The molecule has 1 aromatic heterocycles. The van der Waals surface area contributed by atoms with E-state index in [1.165, 1.54) is 17.4 Å². The smallest absolute Gasteiger partial charge is 0.247 e. The van der Waals surface area contributed by atoms with Gasteiger partial charge in [-0.3, -0.25) is 0 Å². The minimum absolute atomic E-state index is 0.207. The number of hydrogen-bond acceptors (Lipinski definition) is 4. The van der Waals surface area contributed by atoms with E-state index in [2.05, 4.69) is 0 Å². The molecule has 6 heteroatoms. The van der Waals surface area contributed by atoms with Gasteiger partial charge in [-0.1, -0.05) is 0 Å². The Balaban J connectivity index is 2.76. The monoisotopic (exact) mass is 221 g/mol. The first kappa shape index (κ1) is 10.6. The van der Waals surface area contributed by atoms with Crippen LogP contribution >= 0.6 is 11.3 Å². The number of thiophene rings is 1. The van der Waals surface area contributed by atoms with Crippen molar-refractivity contribution >= 4 is 21.4 Å². The van der Waals surface area contributed by atoms with Crippen LogP contribution in [-0.2, 0) is 21.2 Å². The van der Waals surface area contributed by atoms with Crippen LogP contribution in [0.3, 0.4) is 0 Å². The summed E-state index contributed by atoms with van der Waals surface area (Å²) in [5.74, 6) is 0. The van der Waals surface area contributed by atoms with Crippen molar-refractivity contribution in [2.45, 2.75) is 10.6 Å². The molecule has 1 aromatic rings. The first-order valence-corrected chi connectivity index (χ1v) is 6.01. The standard InChI is InChI=1S/C7H11NO3S2/c1-11-5-4-6-2-3-7(12-6)13(8,9)10/h2-3H,4-5H2,1H3,(H2,8,9,10). The maximum absolute atomic E-state index is 10.9. The van der Waals surface area contributed by atoms with Crippen LogP contribution in [0.2, 0.25) is 0 Å². The average molecular weight is 221 g/mol. The number of hydrogen-bond donors (Lipinski definition) is 1. The van der Waals surface area contributed by atoms with Gasteiger partial charge in [-0.15, -0.1) is 11.3 Å². The molecule has 0 aliphatic carbocycles. The molecule has 0 saturated carbocycles. The molecular weight excluding hydrogens is 210 g/mol. The van der Waals surface area contributed by atoms with Crippen molar-refractivity contribution < 1.29 is 13.2 Å². The van der Waals surface area contributed by atoms with Crippen molar-refractivity contribution in [3.8, 4) is 0 Å². The number of rotatable bonds is 4. The van der Waals surface area contributed by atoms with Crippen LogP contribution < -0.4 is 5.14 Å². The molecule has 0 saturated heterocycles. The summed E-state index contributed by atoms with van der Waals surface area (Å²) < 4.78 is 26.8. The zero-order valence-corrected chi connectivity index (χ0v) is 8.82. The predicted molar refractivity (Wildman–Crippen MR) is 51.3 cm³/mol. The number of sulfonamides is 1. The van der Waals surface area contributed by atoms with Crippen molar-refractivity contribution in [3.63, 3.8) is 0 Å². The van der Waals surface area contributed by atoms with Crippen molar-refractivity contribution in [3.05, 3.63) is 17.0 Å². The van der Waals surface area contributed by atoms with Gasteiger partial charge in [0.05, 0.1) is 6.61 Å². The van der Waals surface area contributed by atoms with Gasteiger partial charge in [0, 0.05) is 18.4 Å². The highest BCUT2D eigenvalue weighted by atomic mass is 32.2. The van der Waals surface area contributed by atoms with Gasteiger partial charge in [-0.05, 0) is 12.1 Å². The Kier molecular flexibility index (Phi) is 3.43. The molecule has 2 N–H and O–H groups in total. The number of nitrogens with two attached hydrogens (primary N) is 1. The van der Waals surface area contributed by atoms with E-state index in [0.717, 1.165) is 11.3 Å². The Morgan fingerprint density at radius 3 is 2.69 bits per heavy atom. The molecular formula is C7H11NO3S2. The Hall–Kier alpha value is -0.430. The van der Waals surface area contributed by atoms with Crippen LogP contribution in [0.25, 0.3) is 0 Å². The van der Waals surface area contributed by atoms with E-state index in [0.29, 0.717) is 6.61 Å². The van der Waals surface area contributed by atoms with Crippen molar-refractivity contribution in [2.24, 2.45) is 5.14 Å². The second kappa shape index (κ2) is 4.19. The van der Waals surface area contributed by atoms with E-state index in [9.17, 15) is 8.42 Å². The van der Waals surface area contributed by atoms with E-state index in [1.807, 2.05) is 0 Å². The summed E-state index contributed by atoms with van der Waals surface area (Å²) in [6, 6.07) is 3.27. The molecule has 0 atom stereocenters. The lowest BCUT2D eigenvalue weighted by Gasteiger charge is -1.94. The van der Waals surface area contributed by atoms with Crippen LogP contribution in [0.1, 0.15) is 4.88 Å². The van der Waals surface area contributed by atoms with Gasteiger partial charge in [-0.2, -0.15) is 0 Å². The highest BCUT2D eigenvalue weighted by molar-refractivity contribution is 7.91. The fraction of sp³-hybridized carbons (Fsp3) is 0.429. The van der Waals surface area contributed by atoms with Crippen molar-refractivity contribution in [1.29, 1.82) is 0 Å². The third-order valence-corrected chi connectivity index (χ3v) is 4.05. The number of primary sulfonamides is 1. The fourth-order valence-corrected chi connectivity index (χ4v) is 2.61. The normalized spacial score (nSPS) is 11.8. The van der Waals surface area contributed by atoms with Gasteiger partial charge < -0.3 is 4.74 Å². The van der Waals surface area contributed by atoms with Crippen molar-refractivity contribution in [1.82, 2.24) is 0 Å². The van der Waals surface area contributed by atoms with E-state index < -0.39 is 10.0 Å². The van der Waals surface area contributed by atoms with Crippen LogP contribution in [0.15, 0.2) is 16.3 Å². The topological polar surface area (TPSA) is 69.4 Å². The molecule has 13 heavy (non-hydrogen) atoms. The van der Waals surface area contributed by atoms with Gasteiger partial charge in [0.2, 0.25) is 10.0 Å². The van der Waals surface area contributed by atoms with Gasteiger partial charge in [0.1, 0.15) is 4.21 Å². The molecule has 0 spiro atoms. The summed E-state index contributed by atoms with van der Waals surface area (Å²) >= 11 is 1.19. The van der Waals surface area contributed by atoms with Crippen LogP contribution in [-0.4, -0.2) is 22.1 Å². The lowest BCUT2D eigenvalue weighted by atomic mass is 10.4. The molecule has 0 aromatic carbocycles. The van der Waals surface area contributed by atoms with Crippen LogP contribution in [0.4, 0.5) is 0 Å². The number of ether oxygens (including phenoxy) is 1. The SMILES string of the molecule is COCCc1ccc(S(N)(=O)=O)s1. The molecule has 0 aliphatic heterocycles. The Labute approximate surface area is 81.4 Å². The zero-order chi connectivity index (χ0) is 9.90. The highest BCUT2D eigenvalue weighted by Gasteiger charge is 2.10. The Bertz CT molecular complexity index is 369. The molecule has 74 valence electrons. The fourth-order valence-electron chi connectivity index (χ4n) is 0.848. The number of methoxy groups -OCH3 is 1. The average Bonchev–Trinajstić information content (AvgIpc) is 2.47. The minimum Gasteiger partial charge on any atom is -0.384 e. The van der Waals surface area contributed by atoms with E-state index >= 15 is 0 Å². The predicted octanol–water partition coefficient (Wildman–Crippen LogP) is 0.584. The first-order valence-electron chi connectivity index (χ1n) is 3.64. The summed E-state index contributed by atoms with van der Waals surface area (Å²) in [4.78, 5) is 0.964. The van der Waals surface area contributed by atoms with Gasteiger partial charge >= 0.3 is 0 Å². The molecule has 0 bridgehead atoms. The summed E-state index contributed by atoms with van der Waals surface area (Å²) in [7, 11) is -1.92. The maximum atomic E-state index is 10.9. The lowest BCUT2D eigenvalue weighted by molar-refractivity contribution is 0.203. The van der Waals surface area contributed by atoms with E-state index in [4.69, 9.17) is 9.88 Å². The second-order valence-corrected chi connectivity index (χ2v) is 5.47. The quantitative estimate of drug-likeness (QED) is 0.808. The van der Waals surface area contributed by atoms with Crippen LogP contribution in [0, 0.1) is 0 Å². The molecule has 4 nitrogen and oxygen atoms in total. The van der Waals surface area contributed by atoms with E-state index in [1.54, 1.807) is 13.2 Å². The molecule has 0 radical (unpaired) electrons. The molecule has 0 aliphatic rings. The highest BCUT2D eigenvalue weighted by Crippen LogP contribution is 2.20. The zero-order valence-electron chi connectivity index (χ0n) is 7.19. The Morgan fingerprint density at radius 1 is 1.54 bits per heavy atom. The maximum Gasteiger partial charge on any atom is 0.247 e. The molecule has 0 unspecified atom stereocenters. The van der Waals surface area contributed by atoms with E-state index in [-0.39, 0.29) is 4.21 Å². The van der Waals surface area contributed by atoms with Gasteiger partial charge in [-0.25, -0.2) is 13.6 Å². The third-order valence-electron chi connectivity index (χ3n) is 1.47. The van der Waals surface area contributed by atoms with Crippen LogP contribution in [0.5, 0.6) is 0 Å². The molecule has 0 amide bonds.